The van der Waals surface area contributed by atoms with E-state index < -0.39 is 0 Å². The highest BCUT2D eigenvalue weighted by Crippen LogP contribution is 2.36. The number of piperidine rings is 1. The van der Waals surface area contributed by atoms with Crippen molar-refractivity contribution in [3.05, 3.63) is 29.3 Å². The number of ether oxygens (including phenoxy) is 1. The minimum absolute atomic E-state index is 0.179. The Balaban J connectivity index is 1.69. The molecule has 0 radical (unpaired) electrons. The van der Waals surface area contributed by atoms with E-state index in [9.17, 15) is 9.59 Å². The lowest BCUT2D eigenvalue weighted by molar-refractivity contribution is -0.142. The predicted molar refractivity (Wildman–Crippen MR) is 128 cm³/mol. The van der Waals surface area contributed by atoms with Crippen LogP contribution >= 0.6 is 11.6 Å². The number of rotatable bonds is 9. The molecule has 0 bridgehead atoms. The first kappa shape index (κ1) is 24.8. The minimum Gasteiger partial charge on any atom is -0.493 e. The van der Waals surface area contributed by atoms with Crippen molar-refractivity contribution in [2.45, 2.75) is 51.9 Å². The zero-order valence-corrected chi connectivity index (χ0v) is 20.4. The SMILES string of the molecule is CCCCCC(=O)N1CCCC(COc2ccc(Cl)cc2)(CC(=O)N2CCN(C)CC2)C1. The lowest BCUT2D eigenvalue weighted by Crippen LogP contribution is -2.53. The van der Waals surface area contributed by atoms with Crippen LogP contribution in [0.1, 0.15) is 51.9 Å². The van der Waals surface area contributed by atoms with Crippen LogP contribution < -0.4 is 4.74 Å². The van der Waals surface area contributed by atoms with Crippen LogP contribution in [-0.2, 0) is 9.59 Å². The van der Waals surface area contributed by atoms with E-state index in [0.29, 0.717) is 31.0 Å². The number of likely N-dealkylation sites (N-methyl/N-ethyl adjacent to an activating group) is 1. The van der Waals surface area contributed by atoms with E-state index in [1.807, 2.05) is 34.1 Å². The number of halogens is 1. The van der Waals surface area contributed by atoms with Gasteiger partial charge in [-0.25, -0.2) is 0 Å². The van der Waals surface area contributed by atoms with Gasteiger partial charge in [0.25, 0.3) is 0 Å². The number of carbonyl (C=O) groups is 2. The molecule has 0 saturated carbocycles. The molecule has 0 aromatic heterocycles. The highest BCUT2D eigenvalue weighted by atomic mass is 35.5. The third-order valence-electron chi connectivity index (χ3n) is 6.75. The quantitative estimate of drug-likeness (QED) is 0.518. The first-order valence-corrected chi connectivity index (χ1v) is 12.4. The van der Waals surface area contributed by atoms with Gasteiger partial charge in [-0.2, -0.15) is 0 Å². The lowest BCUT2D eigenvalue weighted by Gasteiger charge is -2.43. The summed E-state index contributed by atoms with van der Waals surface area (Å²) in [6, 6.07) is 7.33. The maximum atomic E-state index is 13.3. The fraction of sp³-hybridized carbons (Fsp3) is 0.680. The number of benzene rings is 1. The van der Waals surface area contributed by atoms with Gasteiger partial charge in [0.15, 0.2) is 0 Å². The van der Waals surface area contributed by atoms with Crippen LogP contribution in [0, 0.1) is 5.41 Å². The molecule has 1 unspecified atom stereocenters. The van der Waals surface area contributed by atoms with Gasteiger partial charge in [-0.05, 0) is 50.6 Å². The Labute approximate surface area is 197 Å². The van der Waals surface area contributed by atoms with Gasteiger partial charge < -0.3 is 19.4 Å². The Kier molecular flexibility index (Phi) is 9.23. The highest BCUT2D eigenvalue weighted by molar-refractivity contribution is 6.30. The zero-order chi connectivity index (χ0) is 23.0. The van der Waals surface area contributed by atoms with Crippen molar-refractivity contribution in [3.8, 4) is 5.75 Å². The van der Waals surface area contributed by atoms with Gasteiger partial charge in [-0.1, -0.05) is 31.4 Å². The van der Waals surface area contributed by atoms with Gasteiger partial charge in [-0.15, -0.1) is 0 Å². The monoisotopic (exact) mass is 463 g/mol. The van der Waals surface area contributed by atoms with Crippen LogP contribution in [0.3, 0.4) is 0 Å². The van der Waals surface area contributed by atoms with Crippen molar-refractivity contribution in [3.63, 3.8) is 0 Å². The molecule has 3 rings (SSSR count). The summed E-state index contributed by atoms with van der Waals surface area (Å²) < 4.78 is 6.16. The van der Waals surface area contributed by atoms with Gasteiger partial charge in [0.2, 0.25) is 11.8 Å². The molecular formula is C25H38ClN3O3. The molecule has 32 heavy (non-hydrogen) atoms. The molecule has 178 valence electrons. The summed E-state index contributed by atoms with van der Waals surface area (Å²) >= 11 is 6.01. The second kappa shape index (κ2) is 11.9. The standard InChI is InChI=1S/C25H38ClN3O3/c1-3-4-5-7-23(30)29-13-6-12-25(19-29,20-32-22-10-8-21(26)9-11-22)18-24(31)28-16-14-27(2)15-17-28/h8-11H,3-7,12-20H2,1-2H3. The van der Waals surface area contributed by atoms with Crippen LogP contribution in [0.5, 0.6) is 5.75 Å². The molecule has 2 aliphatic heterocycles. The Morgan fingerprint density at radius 2 is 1.72 bits per heavy atom. The molecule has 1 aromatic rings. The fourth-order valence-corrected chi connectivity index (χ4v) is 4.80. The molecule has 0 N–H and O–H groups in total. The molecule has 2 fully saturated rings. The topological polar surface area (TPSA) is 53.1 Å². The molecular weight excluding hydrogens is 426 g/mol. The smallest absolute Gasteiger partial charge is 0.223 e. The van der Waals surface area contributed by atoms with Gasteiger partial charge >= 0.3 is 0 Å². The fourth-order valence-electron chi connectivity index (χ4n) is 4.67. The maximum absolute atomic E-state index is 13.3. The molecule has 0 aliphatic carbocycles. The van der Waals surface area contributed by atoms with Crippen LogP contribution in [0.2, 0.25) is 5.02 Å². The molecule has 2 heterocycles. The Morgan fingerprint density at radius 3 is 2.41 bits per heavy atom. The van der Waals surface area contributed by atoms with E-state index in [1.54, 1.807) is 0 Å². The van der Waals surface area contributed by atoms with Crippen LogP contribution in [-0.4, -0.2) is 79.4 Å². The molecule has 7 heteroatoms. The van der Waals surface area contributed by atoms with Crippen molar-refractivity contribution in [2.75, 3.05) is 52.9 Å². The largest absolute Gasteiger partial charge is 0.493 e. The van der Waals surface area contributed by atoms with Gasteiger partial charge in [0.05, 0.1) is 6.61 Å². The van der Waals surface area contributed by atoms with Gasteiger partial charge in [0, 0.05) is 62.5 Å². The zero-order valence-electron chi connectivity index (χ0n) is 19.7. The number of hydrogen-bond donors (Lipinski definition) is 0. The van der Waals surface area contributed by atoms with Crippen molar-refractivity contribution < 1.29 is 14.3 Å². The first-order chi connectivity index (χ1) is 15.4. The Hall–Kier alpha value is -1.79. The number of amides is 2. The summed E-state index contributed by atoms with van der Waals surface area (Å²) in [5.41, 5.74) is -0.362. The van der Waals surface area contributed by atoms with Crippen LogP contribution in [0.15, 0.2) is 24.3 Å². The normalized spacial score (nSPS) is 22.1. The van der Waals surface area contributed by atoms with E-state index >= 15 is 0 Å². The highest BCUT2D eigenvalue weighted by Gasteiger charge is 2.41. The summed E-state index contributed by atoms with van der Waals surface area (Å²) in [6.07, 6.45) is 5.91. The second-order valence-corrected chi connectivity index (χ2v) is 9.92. The number of piperazine rings is 1. The maximum Gasteiger partial charge on any atom is 0.223 e. The van der Waals surface area contributed by atoms with Crippen LogP contribution in [0.25, 0.3) is 0 Å². The number of carbonyl (C=O) groups excluding carboxylic acids is 2. The molecule has 0 spiro atoms. The average Bonchev–Trinajstić information content (AvgIpc) is 2.79. The van der Waals surface area contributed by atoms with Crippen LogP contribution in [0.4, 0.5) is 0 Å². The van der Waals surface area contributed by atoms with Crippen molar-refractivity contribution in [2.24, 2.45) is 5.41 Å². The van der Waals surface area contributed by atoms with Gasteiger partial charge in [-0.3, -0.25) is 9.59 Å². The molecule has 1 aromatic carbocycles. The summed E-state index contributed by atoms with van der Waals surface area (Å²) in [4.78, 5) is 32.3. The Bertz CT molecular complexity index is 749. The molecule has 2 saturated heterocycles. The predicted octanol–water partition coefficient (Wildman–Crippen LogP) is 4.07. The summed E-state index contributed by atoms with van der Waals surface area (Å²) in [6.45, 7) is 7.28. The van der Waals surface area contributed by atoms with Crippen molar-refractivity contribution in [1.82, 2.24) is 14.7 Å². The van der Waals surface area contributed by atoms with E-state index in [4.69, 9.17) is 16.3 Å². The summed E-state index contributed by atoms with van der Waals surface area (Å²) in [5.74, 6) is 1.13. The third-order valence-corrected chi connectivity index (χ3v) is 7.00. The lowest BCUT2D eigenvalue weighted by atomic mass is 9.77. The molecule has 2 amide bonds. The van der Waals surface area contributed by atoms with Gasteiger partial charge in [0.1, 0.15) is 5.75 Å². The first-order valence-electron chi connectivity index (χ1n) is 12.0. The summed E-state index contributed by atoms with van der Waals surface area (Å²) in [5, 5.41) is 0.666. The van der Waals surface area contributed by atoms with Crippen molar-refractivity contribution >= 4 is 23.4 Å². The summed E-state index contributed by atoms with van der Waals surface area (Å²) in [7, 11) is 2.09. The molecule has 1 atom stereocenters. The molecule has 2 aliphatic rings. The molecule has 6 nitrogen and oxygen atoms in total. The van der Waals surface area contributed by atoms with E-state index in [-0.39, 0.29) is 17.2 Å². The second-order valence-electron chi connectivity index (χ2n) is 9.48. The number of nitrogens with zero attached hydrogens (tertiary/aromatic N) is 3. The van der Waals surface area contributed by atoms with E-state index in [0.717, 1.165) is 70.6 Å². The average molecular weight is 464 g/mol. The van der Waals surface area contributed by atoms with E-state index in [2.05, 4.69) is 18.9 Å². The number of unbranched alkanes of at least 4 members (excludes halogenated alkanes) is 2. The minimum atomic E-state index is -0.362. The number of likely N-dealkylation sites (tertiary alicyclic amines) is 1. The number of hydrogen-bond acceptors (Lipinski definition) is 4. The van der Waals surface area contributed by atoms with Crippen molar-refractivity contribution in [1.29, 1.82) is 0 Å². The Morgan fingerprint density at radius 1 is 1.00 bits per heavy atom. The van der Waals surface area contributed by atoms with E-state index in [1.165, 1.54) is 0 Å². The third kappa shape index (κ3) is 7.11.